The van der Waals surface area contributed by atoms with Crippen molar-refractivity contribution in [2.75, 3.05) is 0 Å². The van der Waals surface area contributed by atoms with Gasteiger partial charge in [-0.25, -0.2) is 0 Å². The molecule has 1 heterocycles. The number of rotatable bonds is 5. The minimum absolute atomic E-state index is 0.142. The molecular weight excluding hydrogens is 212 g/mol. The predicted octanol–water partition coefficient (Wildman–Crippen LogP) is 3.08. The number of ketones is 1. The van der Waals surface area contributed by atoms with Gasteiger partial charge in [0.2, 0.25) is 0 Å². The van der Waals surface area contributed by atoms with Crippen LogP contribution in [0.3, 0.4) is 0 Å². The molecule has 1 aromatic heterocycles. The SMILES string of the molecule is CC/C=C/C(=O)Cc1ccn(C2CCCC2)n1. The smallest absolute Gasteiger partial charge is 0.161 e. The summed E-state index contributed by atoms with van der Waals surface area (Å²) in [6.07, 6.45) is 12.0. The molecule has 3 heteroatoms. The summed E-state index contributed by atoms with van der Waals surface area (Å²) < 4.78 is 2.04. The van der Waals surface area contributed by atoms with Crippen molar-refractivity contribution >= 4 is 5.78 Å². The topological polar surface area (TPSA) is 34.9 Å². The fourth-order valence-corrected chi connectivity index (χ4v) is 2.33. The normalized spacial score (nSPS) is 17.0. The number of carbonyl (C=O) groups is 1. The Labute approximate surface area is 103 Å². The first-order valence-corrected chi connectivity index (χ1v) is 6.53. The van der Waals surface area contributed by atoms with Crippen LogP contribution < -0.4 is 0 Å². The second-order valence-electron chi connectivity index (χ2n) is 4.68. The van der Waals surface area contributed by atoms with Crippen molar-refractivity contribution in [3.8, 4) is 0 Å². The zero-order chi connectivity index (χ0) is 12.1. The van der Waals surface area contributed by atoms with E-state index in [4.69, 9.17) is 0 Å². The Hall–Kier alpha value is -1.38. The monoisotopic (exact) mass is 232 g/mol. The minimum Gasteiger partial charge on any atom is -0.294 e. The van der Waals surface area contributed by atoms with Crippen molar-refractivity contribution in [2.24, 2.45) is 0 Å². The van der Waals surface area contributed by atoms with E-state index in [0.717, 1.165) is 12.1 Å². The van der Waals surface area contributed by atoms with Gasteiger partial charge in [-0.1, -0.05) is 25.8 Å². The fourth-order valence-electron chi connectivity index (χ4n) is 2.33. The lowest BCUT2D eigenvalue weighted by Crippen LogP contribution is -2.07. The molecule has 2 rings (SSSR count). The van der Waals surface area contributed by atoms with Crippen LogP contribution in [0.4, 0.5) is 0 Å². The minimum atomic E-state index is 0.142. The van der Waals surface area contributed by atoms with Crippen LogP contribution in [0.1, 0.15) is 50.8 Å². The molecule has 0 atom stereocenters. The maximum absolute atomic E-state index is 11.6. The first-order chi connectivity index (χ1) is 8.29. The van der Waals surface area contributed by atoms with E-state index in [1.807, 2.05) is 29.9 Å². The number of hydrogen-bond donors (Lipinski definition) is 0. The van der Waals surface area contributed by atoms with Crippen LogP contribution in [0.5, 0.6) is 0 Å². The van der Waals surface area contributed by atoms with Crippen molar-refractivity contribution in [1.82, 2.24) is 9.78 Å². The molecule has 1 aromatic rings. The van der Waals surface area contributed by atoms with Gasteiger partial charge in [-0.15, -0.1) is 0 Å². The Balaban J connectivity index is 1.93. The quantitative estimate of drug-likeness (QED) is 0.731. The summed E-state index contributed by atoms with van der Waals surface area (Å²) in [5.74, 6) is 0.142. The lowest BCUT2D eigenvalue weighted by molar-refractivity contribution is -0.114. The van der Waals surface area contributed by atoms with Crippen LogP contribution in [0.2, 0.25) is 0 Å². The molecule has 1 fully saturated rings. The molecule has 1 aliphatic carbocycles. The number of allylic oxidation sites excluding steroid dienone is 2. The van der Waals surface area contributed by atoms with Crippen LogP contribution in [0.15, 0.2) is 24.4 Å². The van der Waals surface area contributed by atoms with Crippen LogP contribution in [-0.2, 0) is 11.2 Å². The molecule has 92 valence electrons. The number of nitrogens with zero attached hydrogens (tertiary/aromatic N) is 2. The first-order valence-electron chi connectivity index (χ1n) is 6.53. The van der Waals surface area contributed by atoms with Gasteiger partial charge in [0.1, 0.15) is 0 Å². The van der Waals surface area contributed by atoms with Gasteiger partial charge in [0, 0.05) is 6.20 Å². The summed E-state index contributed by atoms with van der Waals surface area (Å²) in [6, 6.07) is 2.53. The number of carbonyl (C=O) groups excluding carboxylic acids is 1. The molecular formula is C14H20N2O. The van der Waals surface area contributed by atoms with Gasteiger partial charge in [0.25, 0.3) is 0 Å². The van der Waals surface area contributed by atoms with Gasteiger partial charge in [0.05, 0.1) is 18.2 Å². The van der Waals surface area contributed by atoms with E-state index >= 15 is 0 Å². The van der Waals surface area contributed by atoms with Gasteiger partial charge in [-0.3, -0.25) is 9.48 Å². The van der Waals surface area contributed by atoms with Crippen molar-refractivity contribution in [3.63, 3.8) is 0 Å². The van der Waals surface area contributed by atoms with Crippen LogP contribution in [0, 0.1) is 0 Å². The standard InChI is InChI=1S/C14H20N2O/c1-2-3-8-14(17)11-12-9-10-16(15-12)13-6-4-5-7-13/h3,8-10,13H,2,4-7,11H2,1H3/b8-3+. The second-order valence-corrected chi connectivity index (χ2v) is 4.68. The Kier molecular flexibility index (Phi) is 4.13. The zero-order valence-electron chi connectivity index (χ0n) is 10.4. The molecule has 0 bridgehead atoms. The second kappa shape index (κ2) is 5.80. The molecule has 0 unspecified atom stereocenters. The highest BCUT2D eigenvalue weighted by molar-refractivity contribution is 5.91. The van der Waals surface area contributed by atoms with E-state index < -0.39 is 0 Å². The van der Waals surface area contributed by atoms with Crippen LogP contribution in [-0.4, -0.2) is 15.6 Å². The van der Waals surface area contributed by atoms with Crippen molar-refractivity contribution in [1.29, 1.82) is 0 Å². The molecule has 0 N–H and O–H groups in total. The van der Waals surface area contributed by atoms with Gasteiger partial charge in [0.15, 0.2) is 5.78 Å². The summed E-state index contributed by atoms with van der Waals surface area (Å²) >= 11 is 0. The molecule has 1 saturated carbocycles. The average molecular weight is 232 g/mol. The van der Waals surface area contributed by atoms with Crippen molar-refractivity contribution in [2.45, 2.75) is 51.5 Å². The fraction of sp³-hybridized carbons (Fsp3) is 0.571. The highest BCUT2D eigenvalue weighted by Gasteiger charge is 2.17. The van der Waals surface area contributed by atoms with E-state index in [2.05, 4.69) is 5.10 Å². The molecule has 1 aliphatic rings. The van der Waals surface area contributed by atoms with Gasteiger partial charge >= 0.3 is 0 Å². The summed E-state index contributed by atoms with van der Waals surface area (Å²) in [7, 11) is 0. The third-order valence-electron chi connectivity index (χ3n) is 3.26. The third-order valence-corrected chi connectivity index (χ3v) is 3.26. The average Bonchev–Trinajstić information content (AvgIpc) is 2.95. The Bertz CT molecular complexity index is 400. The lowest BCUT2D eigenvalue weighted by Gasteiger charge is -2.08. The molecule has 3 nitrogen and oxygen atoms in total. The van der Waals surface area contributed by atoms with E-state index in [0.29, 0.717) is 12.5 Å². The molecule has 0 aliphatic heterocycles. The predicted molar refractivity (Wildman–Crippen MR) is 67.9 cm³/mol. The highest BCUT2D eigenvalue weighted by Crippen LogP contribution is 2.28. The van der Waals surface area contributed by atoms with Gasteiger partial charge < -0.3 is 0 Å². The molecule has 0 spiro atoms. The van der Waals surface area contributed by atoms with Crippen LogP contribution >= 0.6 is 0 Å². The van der Waals surface area contributed by atoms with Crippen molar-refractivity contribution in [3.05, 3.63) is 30.1 Å². The molecule has 0 radical (unpaired) electrons. The largest absolute Gasteiger partial charge is 0.294 e. The van der Waals surface area contributed by atoms with Crippen molar-refractivity contribution < 1.29 is 4.79 Å². The van der Waals surface area contributed by atoms with E-state index in [9.17, 15) is 4.79 Å². The van der Waals surface area contributed by atoms with E-state index in [1.165, 1.54) is 25.7 Å². The van der Waals surface area contributed by atoms with Crippen LogP contribution in [0.25, 0.3) is 0 Å². The lowest BCUT2D eigenvalue weighted by atomic mass is 10.2. The summed E-state index contributed by atoms with van der Waals surface area (Å²) in [6.45, 7) is 2.03. The third kappa shape index (κ3) is 3.29. The highest BCUT2D eigenvalue weighted by atomic mass is 16.1. The van der Waals surface area contributed by atoms with Gasteiger partial charge in [-0.2, -0.15) is 5.10 Å². The van der Waals surface area contributed by atoms with E-state index in [-0.39, 0.29) is 5.78 Å². The maximum atomic E-state index is 11.6. The molecule has 0 amide bonds. The molecule has 0 saturated heterocycles. The molecule has 0 aromatic carbocycles. The number of hydrogen-bond acceptors (Lipinski definition) is 2. The molecule has 17 heavy (non-hydrogen) atoms. The Morgan fingerprint density at radius 3 is 3.00 bits per heavy atom. The first kappa shape index (κ1) is 12.1. The Morgan fingerprint density at radius 2 is 2.29 bits per heavy atom. The van der Waals surface area contributed by atoms with E-state index in [1.54, 1.807) is 6.08 Å². The number of aromatic nitrogens is 2. The summed E-state index contributed by atoms with van der Waals surface area (Å²) in [5.41, 5.74) is 0.891. The zero-order valence-corrected chi connectivity index (χ0v) is 10.4. The maximum Gasteiger partial charge on any atom is 0.161 e. The van der Waals surface area contributed by atoms with Gasteiger partial charge in [-0.05, 0) is 31.4 Å². The summed E-state index contributed by atoms with van der Waals surface area (Å²) in [5, 5.41) is 4.50. The Morgan fingerprint density at radius 1 is 1.53 bits per heavy atom. The summed E-state index contributed by atoms with van der Waals surface area (Å²) in [4.78, 5) is 11.6.